The van der Waals surface area contributed by atoms with Crippen LogP contribution in [-0.2, 0) is 6.61 Å². The van der Waals surface area contributed by atoms with Gasteiger partial charge < -0.3 is 10.1 Å². The zero-order valence-electron chi connectivity index (χ0n) is 13.9. The minimum absolute atomic E-state index is 0.449. The van der Waals surface area contributed by atoms with Gasteiger partial charge >= 0.3 is 0 Å². The molecule has 6 heteroatoms. The van der Waals surface area contributed by atoms with Gasteiger partial charge in [-0.3, -0.25) is 4.98 Å². The van der Waals surface area contributed by atoms with E-state index in [2.05, 4.69) is 16.4 Å². The third-order valence-electron chi connectivity index (χ3n) is 4.46. The highest BCUT2D eigenvalue weighted by Gasteiger charge is 2.15. The first kappa shape index (κ1) is 16.6. The van der Waals surface area contributed by atoms with Crippen LogP contribution in [0.15, 0.2) is 36.7 Å². The summed E-state index contributed by atoms with van der Waals surface area (Å²) in [6.07, 6.45) is 9.88. The van der Waals surface area contributed by atoms with Crippen LogP contribution < -0.4 is 10.1 Å². The molecule has 1 aliphatic rings. The zero-order chi connectivity index (χ0) is 17.1. The molecular weight excluding hydrogens is 354 g/mol. The SMILES string of the molecule is Clc1cncc(COc2ccc3nc(NC4CCCCC4)sc3c2)c1. The molecule has 2 aromatic heterocycles. The predicted octanol–water partition coefficient (Wildman–Crippen LogP) is 5.67. The molecule has 0 aliphatic heterocycles. The Balaban J connectivity index is 1.44. The molecule has 25 heavy (non-hydrogen) atoms. The van der Waals surface area contributed by atoms with E-state index in [4.69, 9.17) is 21.3 Å². The van der Waals surface area contributed by atoms with Crippen molar-refractivity contribution in [1.82, 2.24) is 9.97 Å². The second-order valence-corrected chi connectivity index (χ2v) is 7.89. The molecular formula is C19H20ClN3OS. The number of pyridine rings is 1. The van der Waals surface area contributed by atoms with E-state index in [0.29, 0.717) is 17.7 Å². The number of aromatic nitrogens is 2. The average Bonchev–Trinajstić information content (AvgIpc) is 3.02. The molecule has 1 aromatic carbocycles. The molecule has 2 heterocycles. The van der Waals surface area contributed by atoms with Gasteiger partial charge in [-0.1, -0.05) is 42.2 Å². The van der Waals surface area contributed by atoms with Crippen molar-refractivity contribution >= 4 is 38.3 Å². The van der Waals surface area contributed by atoms with Crippen LogP contribution in [0.5, 0.6) is 5.75 Å². The Kier molecular flexibility index (Phi) is 5.04. The highest BCUT2D eigenvalue weighted by atomic mass is 35.5. The van der Waals surface area contributed by atoms with E-state index in [-0.39, 0.29) is 0 Å². The minimum Gasteiger partial charge on any atom is -0.489 e. The maximum atomic E-state index is 5.96. The smallest absolute Gasteiger partial charge is 0.184 e. The molecule has 0 unspecified atom stereocenters. The molecule has 1 saturated carbocycles. The van der Waals surface area contributed by atoms with Crippen molar-refractivity contribution in [2.75, 3.05) is 5.32 Å². The predicted molar refractivity (Wildman–Crippen MR) is 104 cm³/mol. The lowest BCUT2D eigenvalue weighted by Gasteiger charge is -2.22. The maximum absolute atomic E-state index is 5.96. The summed E-state index contributed by atoms with van der Waals surface area (Å²) in [5.74, 6) is 0.834. The number of anilines is 1. The molecule has 4 nitrogen and oxygen atoms in total. The standard InChI is InChI=1S/C19H20ClN3OS/c20-14-8-13(10-21-11-14)12-24-16-6-7-17-18(9-16)25-19(23-17)22-15-4-2-1-3-5-15/h6-11,15H,1-5,12H2,(H,22,23). The molecule has 1 N–H and O–H groups in total. The molecule has 0 atom stereocenters. The second-order valence-electron chi connectivity index (χ2n) is 6.43. The molecule has 0 radical (unpaired) electrons. The summed E-state index contributed by atoms with van der Waals surface area (Å²) in [4.78, 5) is 8.78. The van der Waals surface area contributed by atoms with Crippen LogP contribution in [0.1, 0.15) is 37.7 Å². The Hall–Kier alpha value is -1.85. The van der Waals surface area contributed by atoms with Crippen LogP contribution in [-0.4, -0.2) is 16.0 Å². The second kappa shape index (κ2) is 7.58. The molecule has 0 bridgehead atoms. The number of thiazole rings is 1. The Morgan fingerprint density at radius 1 is 1.16 bits per heavy atom. The van der Waals surface area contributed by atoms with Gasteiger partial charge in [0, 0.05) is 24.0 Å². The van der Waals surface area contributed by atoms with Crippen LogP contribution in [0.25, 0.3) is 10.2 Å². The first-order chi connectivity index (χ1) is 12.3. The zero-order valence-corrected chi connectivity index (χ0v) is 15.4. The van der Waals surface area contributed by atoms with E-state index in [9.17, 15) is 0 Å². The molecule has 0 amide bonds. The third-order valence-corrected chi connectivity index (χ3v) is 5.62. The van der Waals surface area contributed by atoms with Gasteiger partial charge in [-0.05, 0) is 37.1 Å². The third kappa shape index (κ3) is 4.22. The van der Waals surface area contributed by atoms with Crippen molar-refractivity contribution in [3.63, 3.8) is 0 Å². The van der Waals surface area contributed by atoms with Crippen LogP contribution >= 0.6 is 22.9 Å². The van der Waals surface area contributed by atoms with Gasteiger partial charge in [0.1, 0.15) is 12.4 Å². The van der Waals surface area contributed by atoms with Gasteiger partial charge in [0.25, 0.3) is 0 Å². The van der Waals surface area contributed by atoms with E-state index in [1.807, 2.05) is 18.2 Å². The van der Waals surface area contributed by atoms with Gasteiger partial charge in [-0.2, -0.15) is 0 Å². The Bertz CT molecular complexity index is 861. The van der Waals surface area contributed by atoms with Crippen LogP contribution in [0.4, 0.5) is 5.13 Å². The molecule has 1 fully saturated rings. The van der Waals surface area contributed by atoms with E-state index in [1.54, 1.807) is 23.7 Å². The first-order valence-corrected chi connectivity index (χ1v) is 9.85. The number of hydrogen-bond acceptors (Lipinski definition) is 5. The molecule has 1 aliphatic carbocycles. The number of ether oxygens (including phenoxy) is 1. The lowest BCUT2D eigenvalue weighted by molar-refractivity contribution is 0.306. The Morgan fingerprint density at radius 2 is 2.04 bits per heavy atom. The van der Waals surface area contributed by atoms with Gasteiger partial charge in [0.2, 0.25) is 0 Å². The number of hydrogen-bond donors (Lipinski definition) is 1. The minimum atomic E-state index is 0.449. The topological polar surface area (TPSA) is 47.0 Å². The van der Waals surface area contributed by atoms with Gasteiger partial charge in [-0.15, -0.1) is 0 Å². The fourth-order valence-electron chi connectivity index (χ4n) is 3.18. The molecule has 4 rings (SSSR count). The number of benzene rings is 1. The normalized spacial score (nSPS) is 15.4. The fourth-order valence-corrected chi connectivity index (χ4v) is 4.35. The van der Waals surface area contributed by atoms with Crippen molar-refractivity contribution in [1.29, 1.82) is 0 Å². The number of fused-ring (bicyclic) bond motifs is 1. The van der Waals surface area contributed by atoms with Gasteiger partial charge in [0.15, 0.2) is 5.13 Å². The summed E-state index contributed by atoms with van der Waals surface area (Å²) in [5, 5.41) is 5.23. The van der Waals surface area contributed by atoms with Gasteiger partial charge in [-0.25, -0.2) is 4.98 Å². The summed E-state index contributed by atoms with van der Waals surface area (Å²) in [5.41, 5.74) is 1.97. The lowest BCUT2D eigenvalue weighted by Crippen LogP contribution is -2.21. The van der Waals surface area contributed by atoms with Crippen molar-refractivity contribution in [3.8, 4) is 5.75 Å². The van der Waals surface area contributed by atoms with E-state index >= 15 is 0 Å². The van der Waals surface area contributed by atoms with Gasteiger partial charge in [0.05, 0.1) is 15.2 Å². The number of nitrogens with one attached hydrogen (secondary N) is 1. The fraction of sp³-hybridized carbons (Fsp3) is 0.368. The first-order valence-electron chi connectivity index (χ1n) is 8.66. The molecule has 0 spiro atoms. The highest BCUT2D eigenvalue weighted by molar-refractivity contribution is 7.22. The summed E-state index contributed by atoms with van der Waals surface area (Å²) < 4.78 is 7.01. The summed E-state index contributed by atoms with van der Waals surface area (Å²) in [7, 11) is 0. The van der Waals surface area contributed by atoms with Crippen molar-refractivity contribution in [2.24, 2.45) is 0 Å². The van der Waals surface area contributed by atoms with E-state index in [0.717, 1.165) is 26.7 Å². The van der Waals surface area contributed by atoms with Crippen molar-refractivity contribution in [2.45, 2.75) is 44.8 Å². The highest BCUT2D eigenvalue weighted by Crippen LogP contribution is 2.31. The Labute approximate surface area is 156 Å². The summed E-state index contributed by atoms with van der Waals surface area (Å²) in [6, 6.07) is 8.47. The average molecular weight is 374 g/mol. The van der Waals surface area contributed by atoms with Crippen molar-refractivity contribution in [3.05, 3.63) is 47.2 Å². The Morgan fingerprint density at radius 3 is 2.88 bits per heavy atom. The van der Waals surface area contributed by atoms with Crippen molar-refractivity contribution < 1.29 is 4.74 Å². The number of nitrogens with zero attached hydrogens (tertiary/aromatic N) is 2. The lowest BCUT2D eigenvalue weighted by atomic mass is 9.96. The van der Waals surface area contributed by atoms with E-state index < -0.39 is 0 Å². The molecule has 0 saturated heterocycles. The molecule has 3 aromatic rings. The van der Waals surface area contributed by atoms with Crippen LogP contribution in [0, 0.1) is 0 Å². The monoisotopic (exact) mass is 373 g/mol. The maximum Gasteiger partial charge on any atom is 0.184 e. The largest absolute Gasteiger partial charge is 0.489 e. The van der Waals surface area contributed by atoms with E-state index in [1.165, 1.54) is 32.1 Å². The summed E-state index contributed by atoms with van der Waals surface area (Å²) in [6.45, 7) is 0.449. The summed E-state index contributed by atoms with van der Waals surface area (Å²) >= 11 is 7.65. The quantitative estimate of drug-likeness (QED) is 0.626. The number of rotatable bonds is 5. The van der Waals surface area contributed by atoms with Crippen LogP contribution in [0.2, 0.25) is 5.02 Å². The van der Waals surface area contributed by atoms with Crippen LogP contribution in [0.3, 0.4) is 0 Å². The molecule has 130 valence electrons. The number of halogens is 1.